The number of pyridine rings is 1. The van der Waals surface area contributed by atoms with Crippen LogP contribution in [0.15, 0.2) is 18.2 Å². The van der Waals surface area contributed by atoms with E-state index in [1.807, 2.05) is 12.1 Å². The standard InChI is InChI=1S/C5H3IN/c6-5-3-1-2-4-7-5/h1-3H. The molecular weight excluding hydrogens is 201 g/mol. The number of nitrogens with zero attached hydrogens (tertiary/aromatic N) is 1. The Morgan fingerprint density at radius 3 is 2.86 bits per heavy atom. The molecule has 0 fully saturated rings. The van der Waals surface area contributed by atoms with Crippen molar-refractivity contribution in [1.29, 1.82) is 0 Å². The fourth-order valence-corrected chi connectivity index (χ4v) is 0.654. The van der Waals surface area contributed by atoms with Crippen LogP contribution in [0, 0.1) is 9.90 Å². The van der Waals surface area contributed by atoms with Crippen LogP contribution in [0.5, 0.6) is 0 Å². The monoisotopic (exact) mass is 204 g/mol. The average Bonchev–Trinajstić information content (AvgIpc) is 1.69. The molecular formula is C5H3IN. The number of halogens is 1. The molecule has 0 aliphatic heterocycles. The molecule has 0 saturated carbocycles. The van der Waals surface area contributed by atoms with Gasteiger partial charge in [-0.3, -0.25) is 0 Å². The molecule has 0 atom stereocenters. The smallest absolute Gasteiger partial charge is 0.102 e. The molecule has 0 amide bonds. The molecule has 35 valence electrons. The van der Waals surface area contributed by atoms with Gasteiger partial charge in [-0.25, -0.2) is 4.98 Å². The van der Waals surface area contributed by atoms with Gasteiger partial charge in [-0.1, -0.05) is 6.07 Å². The third-order valence-corrected chi connectivity index (χ3v) is 1.18. The number of aromatic nitrogens is 1. The molecule has 0 N–H and O–H groups in total. The van der Waals surface area contributed by atoms with Crippen molar-refractivity contribution in [3.8, 4) is 0 Å². The third kappa shape index (κ3) is 1.43. The number of rotatable bonds is 0. The van der Waals surface area contributed by atoms with Crippen molar-refractivity contribution >= 4 is 22.6 Å². The van der Waals surface area contributed by atoms with Gasteiger partial charge in [0.25, 0.3) is 0 Å². The van der Waals surface area contributed by atoms with Gasteiger partial charge in [0.2, 0.25) is 0 Å². The lowest BCUT2D eigenvalue weighted by molar-refractivity contribution is 1.26. The summed E-state index contributed by atoms with van der Waals surface area (Å²) in [5.41, 5.74) is 0. The Bertz CT molecular complexity index is 138. The Kier molecular flexibility index (Phi) is 1.62. The molecule has 0 saturated heterocycles. The van der Waals surface area contributed by atoms with E-state index in [2.05, 4.69) is 33.8 Å². The van der Waals surface area contributed by atoms with E-state index < -0.39 is 0 Å². The minimum Gasteiger partial charge on any atom is -0.240 e. The molecule has 0 spiro atoms. The lowest BCUT2D eigenvalue weighted by Gasteiger charge is -1.79. The van der Waals surface area contributed by atoms with Gasteiger partial charge in [0, 0.05) is 0 Å². The minimum atomic E-state index is 0.986. The van der Waals surface area contributed by atoms with Gasteiger partial charge in [-0.15, -0.1) is 0 Å². The van der Waals surface area contributed by atoms with Gasteiger partial charge in [0.05, 0.1) is 6.20 Å². The van der Waals surface area contributed by atoms with Crippen LogP contribution in [-0.4, -0.2) is 4.98 Å². The first-order valence-corrected chi connectivity index (χ1v) is 2.96. The highest BCUT2D eigenvalue weighted by atomic mass is 127. The first-order valence-electron chi connectivity index (χ1n) is 1.88. The Labute approximate surface area is 55.9 Å². The maximum Gasteiger partial charge on any atom is 0.102 e. The summed E-state index contributed by atoms with van der Waals surface area (Å²) in [6.07, 6.45) is 2.70. The third-order valence-electron chi connectivity index (χ3n) is 0.576. The van der Waals surface area contributed by atoms with E-state index in [-0.39, 0.29) is 0 Å². The van der Waals surface area contributed by atoms with Crippen LogP contribution >= 0.6 is 22.6 Å². The molecule has 0 bridgehead atoms. The molecule has 0 aliphatic carbocycles. The summed E-state index contributed by atoms with van der Waals surface area (Å²) in [4.78, 5) is 3.84. The van der Waals surface area contributed by atoms with E-state index in [4.69, 9.17) is 0 Å². The van der Waals surface area contributed by atoms with Crippen LogP contribution < -0.4 is 0 Å². The van der Waals surface area contributed by atoms with Crippen molar-refractivity contribution < 1.29 is 0 Å². The van der Waals surface area contributed by atoms with E-state index in [0.29, 0.717) is 0 Å². The van der Waals surface area contributed by atoms with Crippen LogP contribution in [0.2, 0.25) is 0 Å². The Hall–Kier alpha value is -0.120. The Balaban J connectivity index is 3.02. The van der Waals surface area contributed by atoms with Gasteiger partial charge < -0.3 is 0 Å². The van der Waals surface area contributed by atoms with E-state index in [1.54, 1.807) is 6.07 Å². The normalized spacial score (nSPS) is 8.71. The summed E-state index contributed by atoms with van der Waals surface area (Å²) in [5.74, 6) is 0. The van der Waals surface area contributed by atoms with Crippen molar-refractivity contribution in [2.75, 3.05) is 0 Å². The molecule has 0 aromatic carbocycles. The molecule has 1 nitrogen and oxygen atoms in total. The fraction of sp³-hybridized carbons (Fsp3) is 0. The maximum absolute atomic E-state index is 3.84. The average molecular weight is 204 g/mol. The zero-order chi connectivity index (χ0) is 5.11. The van der Waals surface area contributed by atoms with Crippen molar-refractivity contribution in [2.45, 2.75) is 0 Å². The lowest BCUT2D eigenvalue weighted by Crippen LogP contribution is -1.72. The second kappa shape index (κ2) is 2.26. The Morgan fingerprint density at radius 1 is 1.71 bits per heavy atom. The van der Waals surface area contributed by atoms with Crippen LogP contribution in [0.25, 0.3) is 0 Å². The molecule has 1 radical (unpaired) electrons. The first-order chi connectivity index (χ1) is 3.39. The molecule has 1 aromatic rings. The molecule has 7 heavy (non-hydrogen) atoms. The van der Waals surface area contributed by atoms with Gasteiger partial charge >= 0.3 is 0 Å². The fourth-order valence-electron chi connectivity index (χ4n) is 0.307. The molecule has 1 heterocycles. The van der Waals surface area contributed by atoms with E-state index in [1.165, 1.54) is 0 Å². The topological polar surface area (TPSA) is 12.9 Å². The van der Waals surface area contributed by atoms with Crippen LogP contribution in [0.3, 0.4) is 0 Å². The van der Waals surface area contributed by atoms with Gasteiger partial charge in [0.1, 0.15) is 3.70 Å². The number of hydrogen-bond acceptors (Lipinski definition) is 1. The number of hydrogen-bond donors (Lipinski definition) is 0. The lowest BCUT2D eigenvalue weighted by atomic mass is 10.5. The highest BCUT2D eigenvalue weighted by Gasteiger charge is 1.76. The largest absolute Gasteiger partial charge is 0.240 e. The predicted octanol–water partition coefficient (Wildman–Crippen LogP) is 1.49. The Morgan fingerprint density at radius 2 is 2.57 bits per heavy atom. The van der Waals surface area contributed by atoms with Crippen LogP contribution in [-0.2, 0) is 0 Å². The predicted molar refractivity (Wildman–Crippen MR) is 35.8 cm³/mol. The van der Waals surface area contributed by atoms with Gasteiger partial charge in [-0.2, -0.15) is 0 Å². The maximum atomic E-state index is 3.84. The summed E-state index contributed by atoms with van der Waals surface area (Å²) in [6, 6.07) is 5.62. The van der Waals surface area contributed by atoms with Crippen molar-refractivity contribution in [3.05, 3.63) is 28.1 Å². The molecule has 0 unspecified atom stereocenters. The van der Waals surface area contributed by atoms with Crippen molar-refractivity contribution in [1.82, 2.24) is 4.98 Å². The highest BCUT2D eigenvalue weighted by Crippen LogP contribution is 1.94. The summed E-state index contributed by atoms with van der Waals surface area (Å²) in [5, 5.41) is 0. The van der Waals surface area contributed by atoms with Crippen LogP contribution in [0.1, 0.15) is 0 Å². The molecule has 0 aliphatic rings. The SMILES string of the molecule is Ic1ccc[c]n1. The summed E-state index contributed by atoms with van der Waals surface area (Å²) >= 11 is 2.14. The second-order valence-corrected chi connectivity index (χ2v) is 2.19. The van der Waals surface area contributed by atoms with Crippen LogP contribution in [0.4, 0.5) is 0 Å². The molecule has 1 aromatic heterocycles. The van der Waals surface area contributed by atoms with Crippen molar-refractivity contribution in [2.24, 2.45) is 0 Å². The summed E-state index contributed by atoms with van der Waals surface area (Å²) < 4.78 is 0.986. The highest BCUT2D eigenvalue weighted by molar-refractivity contribution is 14.1. The van der Waals surface area contributed by atoms with E-state index in [9.17, 15) is 0 Å². The summed E-state index contributed by atoms with van der Waals surface area (Å²) in [6.45, 7) is 0. The van der Waals surface area contributed by atoms with Crippen molar-refractivity contribution in [3.63, 3.8) is 0 Å². The first kappa shape index (κ1) is 5.03. The minimum absolute atomic E-state index is 0.986. The molecule has 1 rings (SSSR count). The second-order valence-electron chi connectivity index (χ2n) is 1.09. The van der Waals surface area contributed by atoms with E-state index in [0.717, 1.165) is 3.70 Å². The van der Waals surface area contributed by atoms with Gasteiger partial charge in [-0.05, 0) is 34.7 Å². The molecule has 2 heteroatoms. The van der Waals surface area contributed by atoms with E-state index >= 15 is 0 Å². The quantitative estimate of drug-likeness (QED) is 0.460. The zero-order valence-corrected chi connectivity index (χ0v) is 5.71. The van der Waals surface area contributed by atoms with Gasteiger partial charge in [0.15, 0.2) is 0 Å². The zero-order valence-electron chi connectivity index (χ0n) is 3.56. The summed E-state index contributed by atoms with van der Waals surface area (Å²) in [7, 11) is 0.